The van der Waals surface area contributed by atoms with E-state index in [2.05, 4.69) is 54.6 Å². The second kappa shape index (κ2) is 8.36. The number of nitrogens with zero attached hydrogens (tertiary/aromatic N) is 6. The molecule has 0 spiro atoms. The molecule has 0 atom stereocenters. The largest absolute Gasteiger partial charge is 0.344 e. The van der Waals surface area contributed by atoms with Crippen molar-refractivity contribution in [2.24, 2.45) is 0 Å². The van der Waals surface area contributed by atoms with Crippen molar-refractivity contribution < 1.29 is 0 Å². The Morgan fingerprint density at radius 2 is 1.69 bits per heavy atom. The quantitative estimate of drug-likeness (QED) is 0.486. The van der Waals surface area contributed by atoms with E-state index in [0.29, 0.717) is 0 Å². The van der Waals surface area contributed by atoms with Crippen molar-refractivity contribution >= 4 is 27.8 Å². The Hall–Kier alpha value is -2.68. The normalized spacial score (nSPS) is 15.0. The van der Waals surface area contributed by atoms with Gasteiger partial charge in [-0.2, -0.15) is 0 Å². The summed E-state index contributed by atoms with van der Waals surface area (Å²) in [5, 5.41) is 13.8. The molecule has 4 heterocycles. The third kappa shape index (κ3) is 4.19. The standard InChI is InChI=1S/C21H20N6S2/c1-2-6-16(7-3-1)19-23-17(15-28-19)14-26-10-12-27(13-11-26)21-25-24-20(29-21)18-8-4-5-9-22-18/h1-9,15H,10-14H2. The maximum atomic E-state index is 4.82. The molecule has 6 nitrogen and oxygen atoms in total. The van der Waals surface area contributed by atoms with Crippen LogP contribution in [-0.4, -0.2) is 51.2 Å². The molecule has 0 saturated carbocycles. The Labute approximate surface area is 177 Å². The van der Waals surface area contributed by atoms with Gasteiger partial charge in [0.1, 0.15) is 10.7 Å². The van der Waals surface area contributed by atoms with Crippen molar-refractivity contribution in [1.82, 2.24) is 25.1 Å². The molecule has 0 amide bonds. The van der Waals surface area contributed by atoms with Crippen LogP contribution in [0.2, 0.25) is 0 Å². The highest BCUT2D eigenvalue weighted by Crippen LogP contribution is 2.28. The van der Waals surface area contributed by atoms with Crippen LogP contribution in [0.1, 0.15) is 5.69 Å². The molecular weight excluding hydrogens is 400 g/mol. The maximum absolute atomic E-state index is 4.82. The van der Waals surface area contributed by atoms with E-state index in [1.807, 2.05) is 24.3 Å². The number of thiazole rings is 1. The summed E-state index contributed by atoms with van der Waals surface area (Å²) in [6, 6.07) is 16.2. The van der Waals surface area contributed by atoms with Crippen LogP contribution in [0.25, 0.3) is 21.3 Å². The van der Waals surface area contributed by atoms with Gasteiger partial charge in [0.15, 0.2) is 5.01 Å². The number of benzene rings is 1. The van der Waals surface area contributed by atoms with Crippen LogP contribution in [0, 0.1) is 0 Å². The average Bonchev–Trinajstić information content (AvgIpc) is 3.46. The van der Waals surface area contributed by atoms with Gasteiger partial charge < -0.3 is 4.90 Å². The molecule has 1 fully saturated rings. The minimum Gasteiger partial charge on any atom is -0.344 e. The first-order valence-corrected chi connectivity index (χ1v) is 11.3. The van der Waals surface area contributed by atoms with Crippen molar-refractivity contribution in [3.05, 3.63) is 65.8 Å². The number of piperazine rings is 1. The SMILES string of the molecule is c1ccc(-c2nc(CN3CCN(c4nnc(-c5ccccn5)s4)CC3)cs2)cc1. The minimum atomic E-state index is 0.874. The van der Waals surface area contributed by atoms with Crippen molar-refractivity contribution in [2.45, 2.75) is 6.54 Å². The summed E-state index contributed by atoms with van der Waals surface area (Å²) < 4.78 is 0. The van der Waals surface area contributed by atoms with Gasteiger partial charge in [0.25, 0.3) is 0 Å². The Kier molecular flexibility index (Phi) is 5.29. The monoisotopic (exact) mass is 420 g/mol. The first kappa shape index (κ1) is 18.4. The molecule has 1 saturated heterocycles. The molecule has 1 aliphatic rings. The topological polar surface area (TPSA) is 58.0 Å². The molecule has 3 aromatic heterocycles. The van der Waals surface area contributed by atoms with Gasteiger partial charge >= 0.3 is 0 Å². The predicted octanol–water partition coefficient (Wildman–Crippen LogP) is 4.05. The van der Waals surface area contributed by atoms with E-state index in [-0.39, 0.29) is 0 Å². The lowest BCUT2D eigenvalue weighted by molar-refractivity contribution is 0.247. The Morgan fingerprint density at radius 3 is 2.48 bits per heavy atom. The molecule has 0 radical (unpaired) electrons. The van der Waals surface area contributed by atoms with E-state index in [1.54, 1.807) is 28.9 Å². The van der Waals surface area contributed by atoms with Gasteiger partial charge in [-0.05, 0) is 12.1 Å². The van der Waals surface area contributed by atoms with Gasteiger partial charge in [-0.1, -0.05) is 47.7 Å². The van der Waals surface area contributed by atoms with Crippen molar-refractivity contribution in [1.29, 1.82) is 0 Å². The van der Waals surface area contributed by atoms with Crippen molar-refractivity contribution in [2.75, 3.05) is 31.1 Å². The lowest BCUT2D eigenvalue weighted by Crippen LogP contribution is -2.46. The number of anilines is 1. The van der Waals surface area contributed by atoms with Crippen LogP contribution in [-0.2, 0) is 6.54 Å². The summed E-state index contributed by atoms with van der Waals surface area (Å²) >= 11 is 3.33. The summed E-state index contributed by atoms with van der Waals surface area (Å²) in [4.78, 5) is 14.0. The highest BCUT2D eigenvalue weighted by Gasteiger charge is 2.21. The second-order valence-corrected chi connectivity index (χ2v) is 8.69. The fourth-order valence-corrected chi connectivity index (χ4v) is 5.05. The molecule has 0 bridgehead atoms. The number of aromatic nitrogens is 4. The third-order valence-electron chi connectivity index (χ3n) is 4.90. The van der Waals surface area contributed by atoms with Crippen molar-refractivity contribution in [3.8, 4) is 21.3 Å². The van der Waals surface area contributed by atoms with E-state index in [4.69, 9.17) is 4.98 Å². The molecule has 29 heavy (non-hydrogen) atoms. The fraction of sp³-hybridized carbons (Fsp3) is 0.238. The van der Waals surface area contributed by atoms with E-state index < -0.39 is 0 Å². The Morgan fingerprint density at radius 1 is 0.862 bits per heavy atom. The molecule has 4 aromatic rings. The van der Waals surface area contributed by atoms with Gasteiger partial charge in [0.05, 0.1) is 5.69 Å². The smallest absolute Gasteiger partial charge is 0.208 e. The van der Waals surface area contributed by atoms with Gasteiger partial charge in [0.2, 0.25) is 5.13 Å². The molecule has 146 valence electrons. The summed E-state index contributed by atoms with van der Waals surface area (Å²) in [6.45, 7) is 4.79. The van der Waals surface area contributed by atoms with Crippen LogP contribution in [0.5, 0.6) is 0 Å². The molecule has 8 heteroatoms. The molecule has 0 aliphatic carbocycles. The van der Waals surface area contributed by atoms with Gasteiger partial charge in [-0.25, -0.2) is 4.98 Å². The van der Waals surface area contributed by atoms with Crippen LogP contribution in [0.15, 0.2) is 60.1 Å². The van der Waals surface area contributed by atoms with E-state index in [9.17, 15) is 0 Å². The fourth-order valence-electron chi connectivity index (χ4n) is 3.36. The van der Waals surface area contributed by atoms with Gasteiger partial charge in [-0.3, -0.25) is 9.88 Å². The van der Waals surface area contributed by atoms with E-state index in [1.165, 1.54) is 5.56 Å². The zero-order valence-corrected chi connectivity index (χ0v) is 17.4. The van der Waals surface area contributed by atoms with E-state index in [0.717, 1.165) is 59.3 Å². The summed E-state index contributed by atoms with van der Waals surface area (Å²) in [5.74, 6) is 0. The maximum Gasteiger partial charge on any atom is 0.208 e. The summed E-state index contributed by atoms with van der Waals surface area (Å²) in [6.07, 6.45) is 1.79. The molecule has 0 unspecified atom stereocenters. The molecular formula is C21H20N6S2. The zero-order chi connectivity index (χ0) is 19.5. The lowest BCUT2D eigenvalue weighted by atomic mass is 10.2. The third-order valence-corrected chi connectivity index (χ3v) is 6.85. The zero-order valence-electron chi connectivity index (χ0n) is 15.8. The number of hydrogen-bond acceptors (Lipinski definition) is 8. The predicted molar refractivity (Wildman–Crippen MR) is 118 cm³/mol. The van der Waals surface area contributed by atoms with Crippen LogP contribution in [0.4, 0.5) is 5.13 Å². The highest BCUT2D eigenvalue weighted by molar-refractivity contribution is 7.18. The van der Waals surface area contributed by atoms with Gasteiger partial charge in [-0.15, -0.1) is 21.5 Å². The van der Waals surface area contributed by atoms with Crippen LogP contribution in [0.3, 0.4) is 0 Å². The number of rotatable bonds is 5. The van der Waals surface area contributed by atoms with E-state index >= 15 is 0 Å². The Balaban J connectivity index is 1.18. The highest BCUT2D eigenvalue weighted by atomic mass is 32.1. The Bertz CT molecular complexity index is 1050. The summed E-state index contributed by atoms with van der Waals surface area (Å²) in [7, 11) is 0. The molecule has 0 N–H and O–H groups in total. The van der Waals surface area contributed by atoms with Crippen molar-refractivity contribution in [3.63, 3.8) is 0 Å². The lowest BCUT2D eigenvalue weighted by Gasteiger charge is -2.33. The van der Waals surface area contributed by atoms with Crippen LogP contribution >= 0.6 is 22.7 Å². The van der Waals surface area contributed by atoms with Crippen LogP contribution < -0.4 is 4.90 Å². The van der Waals surface area contributed by atoms with Gasteiger partial charge in [0, 0.05) is 49.9 Å². The second-order valence-electron chi connectivity index (χ2n) is 6.88. The molecule has 1 aliphatic heterocycles. The number of pyridine rings is 1. The summed E-state index contributed by atoms with van der Waals surface area (Å²) in [5.41, 5.74) is 3.22. The molecule has 1 aromatic carbocycles. The first-order chi connectivity index (χ1) is 14.3. The minimum absolute atomic E-state index is 0.874. The molecule has 5 rings (SSSR count). The number of hydrogen-bond donors (Lipinski definition) is 0. The average molecular weight is 421 g/mol. The first-order valence-electron chi connectivity index (χ1n) is 9.57.